The van der Waals surface area contributed by atoms with Gasteiger partial charge in [0.05, 0.1) is 11.4 Å². The van der Waals surface area contributed by atoms with Gasteiger partial charge in [-0.2, -0.15) is 0 Å². The predicted molar refractivity (Wildman–Crippen MR) is 110 cm³/mol. The number of carbonyl (C=O) groups is 1. The Kier molecular flexibility index (Phi) is 5.50. The van der Waals surface area contributed by atoms with E-state index in [1.54, 1.807) is 53.4 Å². The van der Waals surface area contributed by atoms with Crippen LogP contribution in [0.4, 0.5) is 13.6 Å². The first-order chi connectivity index (χ1) is 14.4. The molecule has 8 heteroatoms. The van der Waals surface area contributed by atoms with Crippen molar-refractivity contribution < 1.29 is 23.7 Å². The van der Waals surface area contributed by atoms with Crippen LogP contribution in [-0.4, -0.2) is 34.5 Å². The summed E-state index contributed by atoms with van der Waals surface area (Å²) < 4.78 is 28.1. The minimum absolute atomic E-state index is 0.0697. The summed E-state index contributed by atoms with van der Waals surface area (Å²) in [6, 6.07) is 9.10. The van der Waals surface area contributed by atoms with Gasteiger partial charge in [0.25, 0.3) is 5.01 Å². The molecule has 1 aliphatic heterocycles. The van der Waals surface area contributed by atoms with E-state index < -0.39 is 17.7 Å². The van der Waals surface area contributed by atoms with Crippen molar-refractivity contribution in [2.24, 2.45) is 0 Å². The van der Waals surface area contributed by atoms with Gasteiger partial charge < -0.3 is 14.9 Å². The number of phenols is 1. The molecule has 2 N–H and O–H groups in total. The van der Waals surface area contributed by atoms with E-state index in [1.807, 2.05) is 5.38 Å². The Hall–Kier alpha value is -3.26. The second-order valence-electron chi connectivity index (χ2n) is 7.11. The topological polar surface area (TPSA) is 57.9 Å². The van der Waals surface area contributed by atoms with E-state index in [2.05, 4.69) is 4.98 Å². The molecule has 0 radical (unpaired) electrons. The van der Waals surface area contributed by atoms with Crippen LogP contribution in [0.3, 0.4) is 0 Å². The maximum absolute atomic E-state index is 14.4. The lowest BCUT2D eigenvalue weighted by atomic mass is 10.0. The number of carbonyl (C=O) groups excluding carboxylic acids is 1. The van der Waals surface area contributed by atoms with Gasteiger partial charge in [-0.05, 0) is 41.5 Å². The Labute approximate surface area is 176 Å². The summed E-state index contributed by atoms with van der Waals surface area (Å²) in [7, 11) is 1.69. The molecule has 1 aromatic heterocycles. The van der Waals surface area contributed by atoms with Gasteiger partial charge >= 0.3 is 6.03 Å². The molecule has 0 fully saturated rings. The fraction of sp³-hybridized carbons (Fsp3) is 0.182. The molecule has 0 saturated carbocycles. The molecule has 0 aliphatic carbocycles. The van der Waals surface area contributed by atoms with Gasteiger partial charge in [-0.15, -0.1) is 0 Å². The molecule has 2 heterocycles. The van der Waals surface area contributed by atoms with E-state index in [0.717, 1.165) is 23.2 Å². The maximum Gasteiger partial charge on any atom is 0.321 e. The number of H-pyrrole nitrogens is 1. The van der Waals surface area contributed by atoms with Gasteiger partial charge in [-0.1, -0.05) is 29.5 Å². The number of aromatic amines is 1. The Morgan fingerprint density at radius 3 is 2.87 bits per heavy atom. The van der Waals surface area contributed by atoms with Crippen LogP contribution in [0.25, 0.3) is 5.57 Å². The van der Waals surface area contributed by atoms with E-state index in [4.69, 9.17) is 0 Å². The summed E-state index contributed by atoms with van der Waals surface area (Å²) in [5, 5.41) is 12.7. The highest BCUT2D eigenvalue weighted by molar-refractivity contribution is 7.09. The first-order valence-corrected chi connectivity index (χ1v) is 10.2. The highest BCUT2D eigenvalue weighted by Crippen LogP contribution is 2.37. The Morgan fingerprint density at radius 2 is 2.13 bits per heavy atom. The Balaban J connectivity index is 1.68. The van der Waals surface area contributed by atoms with Crippen LogP contribution in [0.1, 0.15) is 22.2 Å². The van der Waals surface area contributed by atoms with Crippen molar-refractivity contribution >= 4 is 22.9 Å². The number of halogens is 2. The van der Waals surface area contributed by atoms with E-state index in [-0.39, 0.29) is 23.9 Å². The van der Waals surface area contributed by atoms with Crippen LogP contribution in [0, 0.1) is 11.6 Å². The molecule has 2 aromatic carbocycles. The molecule has 1 aliphatic rings. The average molecular weight is 428 g/mol. The SMILES string of the molecule is CN(Cc1[nH+]ccs1)C(=O)N1CC(c2cc(F)ccc2F)=CC1c1cccc(O)c1. The number of hydrogen-bond acceptors (Lipinski definition) is 3. The van der Waals surface area contributed by atoms with Gasteiger partial charge in [-0.25, -0.2) is 18.6 Å². The number of phenolic OH excluding ortho intramolecular Hbond substituents is 1. The summed E-state index contributed by atoms with van der Waals surface area (Å²) in [5.74, 6) is -1.02. The molecular formula is C22H20F2N3O2S+. The van der Waals surface area contributed by atoms with Crippen LogP contribution >= 0.6 is 11.3 Å². The third kappa shape index (κ3) is 4.04. The van der Waals surface area contributed by atoms with E-state index in [0.29, 0.717) is 17.7 Å². The molecule has 5 nitrogen and oxygen atoms in total. The first-order valence-electron chi connectivity index (χ1n) is 9.33. The number of thiazole rings is 1. The van der Waals surface area contributed by atoms with Crippen molar-refractivity contribution in [2.75, 3.05) is 13.6 Å². The number of nitrogens with one attached hydrogen (secondary N) is 1. The van der Waals surface area contributed by atoms with Gasteiger partial charge in [0, 0.05) is 19.2 Å². The quantitative estimate of drug-likeness (QED) is 0.676. The minimum Gasteiger partial charge on any atom is -0.508 e. The van der Waals surface area contributed by atoms with E-state index >= 15 is 0 Å². The van der Waals surface area contributed by atoms with Gasteiger partial charge in [-0.3, -0.25) is 0 Å². The zero-order valence-electron chi connectivity index (χ0n) is 16.2. The lowest BCUT2D eigenvalue weighted by Gasteiger charge is -2.29. The van der Waals surface area contributed by atoms with Gasteiger partial charge in [0.2, 0.25) is 0 Å². The maximum atomic E-state index is 14.4. The third-order valence-corrected chi connectivity index (χ3v) is 5.80. The van der Waals surface area contributed by atoms with Crippen LogP contribution < -0.4 is 4.98 Å². The molecule has 30 heavy (non-hydrogen) atoms. The molecule has 1 atom stereocenters. The number of aromatic hydroxyl groups is 1. The van der Waals surface area contributed by atoms with Gasteiger partial charge in [0.1, 0.15) is 23.9 Å². The van der Waals surface area contributed by atoms with Crippen molar-refractivity contribution in [1.29, 1.82) is 0 Å². The molecular weight excluding hydrogens is 408 g/mol. The molecule has 1 unspecified atom stereocenters. The van der Waals surface area contributed by atoms with Crippen LogP contribution in [0.2, 0.25) is 0 Å². The summed E-state index contributed by atoms with van der Waals surface area (Å²) >= 11 is 1.51. The number of amides is 2. The highest BCUT2D eigenvalue weighted by atomic mass is 32.1. The van der Waals surface area contributed by atoms with Crippen molar-refractivity contribution in [1.82, 2.24) is 9.80 Å². The number of benzene rings is 2. The molecule has 4 rings (SSSR count). The Morgan fingerprint density at radius 1 is 1.30 bits per heavy atom. The van der Waals surface area contributed by atoms with Crippen molar-refractivity contribution in [3.8, 4) is 5.75 Å². The average Bonchev–Trinajstić information content (AvgIpc) is 3.39. The van der Waals surface area contributed by atoms with E-state index in [9.17, 15) is 18.7 Å². The normalized spacial score (nSPS) is 15.9. The highest BCUT2D eigenvalue weighted by Gasteiger charge is 2.34. The van der Waals surface area contributed by atoms with Crippen molar-refractivity contribution in [3.05, 3.63) is 87.9 Å². The number of aromatic nitrogens is 1. The predicted octanol–water partition coefficient (Wildman–Crippen LogP) is 4.24. The molecule has 2 amide bonds. The summed E-state index contributed by atoms with van der Waals surface area (Å²) in [6.07, 6.45) is 3.55. The van der Waals surface area contributed by atoms with Crippen molar-refractivity contribution in [3.63, 3.8) is 0 Å². The third-order valence-electron chi connectivity index (χ3n) is 5.00. The second-order valence-corrected chi connectivity index (χ2v) is 8.11. The number of rotatable bonds is 4. The van der Waals surface area contributed by atoms with Crippen LogP contribution in [0.15, 0.2) is 60.1 Å². The second kappa shape index (κ2) is 8.23. The van der Waals surface area contributed by atoms with Crippen LogP contribution in [0.5, 0.6) is 5.75 Å². The minimum atomic E-state index is -0.548. The molecule has 154 valence electrons. The van der Waals surface area contributed by atoms with E-state index in [1.165, 1.54) is 11.3 Å². The number of nitrogens with zero attached hydrogens (tertiary/aromatic N) is 2. The first kappa shape index (κ1) is 20.0. The summed E-state index contributed by atoms with van der Waals surface area (Å²) in [4.78, 5) is 19.5. The molecule has 0 bridgehead atoms. The lowest BCUT2D eigenvalue weighted by molar-refractivity contribution is -0.384. The lowest BCUT2D eigenvalue weighted by Crippen LogP contribution is -2.41. The summed E-state index contributed by atoms with van der Waals surface area (Å²) in [6.45, 7) is 0.515. The largest absolute Gasteiger partial charge is 0.508 e. The smallest absolute Gasteiger partial charge is 0.321 e. The van der Waals surface area contributed by atoms with Crippen LogP contribution in [-0.2, 0) is 6.54 Å². The van der Waals surface area contributed by atoms with Gasteiger partial charge in [0.15, 0.2) is 6.20 Å². The monoisotopic (exact) mass is 428 g/mol. The standard InChI is InChI=1S/C22H19F2N3O2S/c1-26(13-21-25-7-8-30-21)22(29)27-12-15(18-11-16(23)5-6-19(18)24)10-20(27)14-3-2-4-17(28)9-14/h2-11,20,28H,12-13H2,1H3/p+1. The number of hydrogen-bond donors (Lipinski definition) is 1. The molecule has 0 spiro atoms. The number of urea groups is 1. The fourth-order valence-electron chi connectivity index (χ4n) is 3.57. The zero-order chi connectivity index (χ0) is 21.3. The summed E-state index contributed by atoms with van der Waals surface area (Å²) in [5.41, 5.74) is 1.33. The Bertz CT molecular complexity index is 1100. The molecule has 3 aromatic rings. The fourth-order valence-corrected chi connectivity index (χ4v) is 4.27. The molecule has 0 saturated heterocycles. The zero-order valence-corrected chi connectivity index (χ0v) is 17.0. The van der Waals surface area contributed by atoms with Crippen molar-refractivity contribution in [2.45, 2.75) is 12.6 Å².